The van der Waals surface area contributed by atoms with E-state index in [0.717, 1.165) is 5.56 Å². The number of amides is 2. The van der Waals surface area contributed by atoms with Gasteiger partial charge in [0.15, 0.2) is 0 Å². The van der Waals surface area contributed by atoms with Crippen molar-refractivity contribution >= 4 is 17.8 Å². The maximum Gasteiger partial charge on any atom is 0.312 e. The van der Waals surface area contributed by atoms with Crippen LogP contribution in [0.2, 0.25) is 0 Å². The summed E-state index contributed by atoms with van der Waals surface area (Å²) in [7, 11) is 0. The van der Waals surface area contributed by atoms with E-state index in [1.807, 2.05) is 30.3 Å². The minimum absolute atomic E-state index is 0.00429. The number of likely N-dealkylation sites (tertiary alicyclic amines) is 1. The molecule has 172 valence electrons. The van der Waals surface area contributed by atoms with E-state index in [2.05, 4.69) is 6.58 Å². The number of nitrogens with zero attached hydrogens (tertiary/aromatic N) is 2. The summed E-state index contributed by atoms with van der Waals surface area (Å²) in [6.45, 7) is 6.09. The van der Waals surface area contributed by atoms with Gasteiger partial charge in [0.05, 0.1) is 31.2 Å². The molecule has 0 aromatic heterocycles. The average Bonchev–Trinajstić information content (AvgIpc) is 3.42. The van der Waals surface area contributed by atoms with Gasteiger partial charge in [0.25, 0.3) is 0 Å². The Balaban J connectivity index is 1.69. The third-order valence-corrected chi connectivity index (χ3v) is 6.81. The first-order valence-corrected chi connectivity index (χ1v) is 11.2. The summed E-state index contributed by atoms with van der Waals surface area (Å²) in [5.74, 6) is -2.54. The number of carbonyl (C=O) groups excluding carboxylic acids is 3. The van der Waals surface area contributed by atoms with Gasteiger partial charge in [0.1, 0.15) is 11.6 Å². The van der Waals surface area contributed by atoms with E-state index in [1.165, 1.54) is 4.90 Å². The Morgan fingerprint density at radius 1 is 1.38 bits per heavy atom. The number of ether oxygens (including phenoxy) is 2. The van der Waals surface area contributed by atoms with Gasteiger partial charge in [-0.25, -0.2) is 0 Å². The predicted molar refractivity (Wildman–Crippen MR) is 115 cm³/mol. The van der Waals surface area contributed by atoms with Crippen molar-refractivity contribution in [3.05, 3.63) is 48.6 Å². The fourth-order valence-electron chi connectivity index (χ4n) is 5.65. The topological polar surface area (TPSA) is 96.4 Å². The third-order valence-electron chi connectivity index (χ3n) is 6.81. The average molecular weight is 443 g/mol. The number of hydrogen-bond acceptors (Lipinski definition) is 6. The van der Waals surface area contributed by atoms with E-state index in [0.29, 0.717) is 25.9 Å². The molecule has 8 heteroatoms. The molecule has 1 N–H and O–H groups in total. The van der Waals surface area contributed by atoms with Crippen LogP contribution in [0.3, 0.4) is 0 Å². The molecular weight excluding hydrogens is 412 g/mol. The van der Waals surface area contributed by atoms with Gasteiger partial charge in [0, 0.05) is 19.6 Å². The smallest absolute Gasteiger partial charge is 0.312 e. The molecule has 3 aliphatic rings. The number of aliphatic hydroxyl groups is 1. The Bertz CT molecular complexity index is 890. The monoisotopic (exact) mass is 442 g/mol. The van der Waals surface area contributed by atoms with Gasteiger partial charge >= 0.3 is 5.97 Å². The van der Waals surface area contributed by atoms with E-state index in [1.54, 1.807) is 17.9 Å². The molecule has 8 nitrogen and oxygen atoms in total. The van der Waals surface area contributed by atoms with Crippen molar-refractivity contribution in [1.82, 2.24) is 9.80 Å². The number of fused-ring (bicyclic) bond motifs is 1. The second kappa shape index (κ2) is 9.03. The molecule has 3 heterocycles. The summed E-state index contributed by atoms with van der Waals surface area (Å²) in [5, 5.41) is 9.64. The first kappa shape index (κ1) is 22.5. The Kier molecular flexibility index (Phi) is 6.35. The molecular formula is C24H30N2O6. The number of benzene rings is 1. The van der Waals surface area contributed by atoms with Crippen LogP contribution in [0, 0.1) is 11.8 Å². The summed E-state index contributed by atoms with van der Waals surface area (Å²) in [4.78, 5) is 43.1. The Morgan fingerprint density at radius 3 is 2.78 bits per heavy atom. The largest absolute Gasteiger partial charge is 0.466 e. The molecule has 32 heavy (non-hydrogen) atoms. The number of hydrogen-bond donors (Lipinski definition) is 1. The van der Waals surface area contributed by atoms with Gasteiger partial charge in [-0.05, 0) is 25.3 Å². The third kappa shape index (κ3) is 3.51. The summed E-state index contributed by atoms with van der Waals surface area (Å²) < 4.78 is 11.5. The molecule has 5 atom stereocenters. The standard InChI is InChI=1S/C24H30N2O6/c1-3-12-25(15-16-8-6-5-7-9-16)22(29)20-24-11-10-17(32-24)18(23(30)31-4-2)19(24)21(28)26(20)13-14-27/h3,5-9,17-20,27H,1,4,10-15H2,2H3/t17-,18+,19+,20-,24+/m0/s1. The van der Waals surface area contributed by atoms with Crippen molar-refractivity contribution < 1.29 is 29.0 Å². The van der Waals surface area contributed by atoms with Crippen LogP contribution < -0.4 is 0 Å². The first-order chi connectivity index (χ1) is 15.5. The van der Waals surface area contributed by atoms with Gasteiger partial charge in [-0.15, -0.1) is 6.58 Å². The molecule has 2 bridgehead atoms. The van der Waals surface area contributed by atoms with Crippen molar-refractivity contribution in [2.24, 2.45) is 11.8 Å². The van der Waals surface area contributed by atoms with Crippen molar-refractivity contribution in [3.8, 4) is 0 Å². The Morgan fingerprint density at radius 2 is 2.12 bits per heavy atom. The fraction of sp³-hybridized carbons (Fsp3) is 0.542. The predicted octanol–water partition coefficient (Wildman–Crippen LogP) is 1.13. The van der Waals surface area contributed by atoms with Crippen molar-refractivity contribution in [2.75, 3.05) is 26.3 Å². The van der Waals surface area contributed by atoms with Crippen LogP contribution in [0.4, 0.5) is 0 Å². The second-order valence-electron chi connectivity index (χ2n) is 8.56. The van der Waals surface area contributed by atoms with E-state index < -0.39 is 35.6 Å². The van der Waals surface area contributed by atoms with E-state index in [4.69, 9.17) is 9.47 Å². The Labute approximate surface area is 187 Å². The van der Waals surface area contributed by atoms with Crippen LogP contribution in [0.25, 0.3) is 0 Å². The second-order valence-corrected chi connectivity index (χ2v) is 8.56. The number of aliphatic hydroxyl groups excluding tert-OH is 1. The normalized spacial score (nSPS) is 30.3. The van der Waals surface area contributed by atoms with Crippen LogP contribution in [-0.2, 0) is 30.4 Å². The SMILES string of the molecule is C=CCN(Cc1ccccc1)C(=O)[C@@H]1N(CCO)C(=O)[C@H]2[C@H](C(=O)OCC)[C@@H]3CC[C@]12O3. The van der Waals surface area contributed by atoms with Crippen molar-refractivity contribution in [3.63, 3.8) is 0 Å². The van der Waals surface area contributed by atoms with Crippen molar-refractivity contribution in [1.29, 1.82) is 0 Å². The van der Waals surface area contributed by atoms with Crippen LogP contribution in [0.5, 0.6) is 0 Å². The van der Waals surface area contributed by atoms with E-state index in [9.17, 15) is 19.5 Å². The zero-order chi connectivity index (χ0) is 22.9. The minimum Gasteiger partial charge on any atom is -0.466 e. The molecule has 3 fully saturated rings. The minimum atomic E-state index is -1.08. The summed E-state index contributed by atoms with van der Waals surface area (Å²) in [6.07, 6.45) is 2.31. The van der Waals surface area contributed by atoms with E-state index in [-0.39, 0.29) is 31.6 Å². The lowest BCUT2D eigenvalue weighted by Crippen LogP contribution is -2.56. The molecule has 3 saturated heterocycles. The van der Waals surface area contributed by atoms with Crippen LogP contribution >= 0.6 is 0 Å². The highest BCUT2D eigenvalue weighted by Gasteiger charge is 2.75. The van der Waals surface area contributed by atoms with Crippen molar-refractivity contribution in [2.45, 2.75) is 44.1 Å². The molecule has 1 spiro atoms. The molecule has 0 aliphatic carbocycles. The van der Waals surface area contributed by atoms with E-state index >= 15 is 0 Å². The summed E-state index contributed by atoms with van der Waals surface area (Å²) >= 11 is 0. The fourth-order valence-corrected chi connectivity index (χ4v) is 5.65. The maximum absolute atomic E-state index is 13.9. The molecule has 2 amide bonds. The van der Waals surface area contributed by atoms with Gasteiger partial charge in [-0.1, -0.05) is 36.4 Å². The molecule has 0 saturated carbocycles. The Hall–Kier alpha value is -2.71. The number of esters is 1. The number of rotatable bonds is 9. The maximum atomic E-state index is 13.9. The first-order valence-electron chi connectivity index (χ1n) is 11.2. The van der Waals surface area contributed by atoms with Crippen LogP contribution in [0.1, 0.15) is 25.3 Å². The quantitative estimate of drug-likeness (QED) is 0.455. The number of β-amino-alcohol motifs (C(OH)–C–C–N with tert-alkyl or cyclic N) is 1. The van der Waals surface area contributed by atoms with Gasteiger partial charge in [-0.3, -0.25) is 14.4 Å². The zero-order valence-electron chi connectivity index (χ0n) is 18.3. The highest BCUT2D eigenvalue weighted by atomic mass is 16.6. The van der Waals surface area contributed by atoms with Crippen LogP contribution in [-0.4, -0.2) is 76.7 Å². The molecule has 4 rings (SSSR count). The molecule has 3 aliphatic heterocycles. The van der Waals surface area contributed by atoms with Gasteiger partial charge in [-0.2, -0.15) is 0 Å². The summed E-state index contributed by atoms with van der Waals surface area (Å²) in [6, 6.07) is 8.69. The molecule has 1 aromatic carbocycles. The highest BCUT2D eigenvalue weighted by Crippen LogP contribution is 2.58. The van der Waals surface area contributed by atoms with Gasteiger partial charge in [0.2, 0.25) is 11.8 Å². The number of carbonyl (C=O) groups is 3. The molecule has 0 radical (unpaired) electrons. The lowest BCUT2D eigenvalue weighted by Gasteiger charge is -2.36. The lowest BCUT2D eigenvalue weighted by atomic mass is 9.70. The zero-order valence-corrected chi connectivity index (χ0v) is 18.3. The summed E-state index contributed by atoms with van der Waals surface area (Å²) in [5.41, 5.74) is -0.127. The van der Waals surface area contributed by atoms with Gasteiger partial charge < -0.3 is 24.4 Å². The van der Waals surface area contributed by atoms with Crippen LogP contribution in [0.15, 0.2) is 43.0 Å². The molecule has 0 unspecified atom stereocenters. The highest BCUT2D eigenvalue weighted by molar-refractivity contribution is 5.98. The lowest BCUT2D eigenvalue weighted by molar-refractivity contribution is -0.155. The molecule has 1 aromatic rings.